The Balaban J connectivity index is 0.0000137. The van der Waals surface area contributed by atoms with Gasteiger partial charge in [0.1, 0.15) is 0 Å². The quantitative estimate of drug-likeness (QED) is 0.0364. The van der Waals surface area contributed by atoms with E-state index in [-0.39, 0.29) is 16.5 Å². The summed E-state index contributed by atoms with van der Waals surface area (Å²) in [6.45, 7) is 18.7. The molecule has 2 nitrogen and oxygen atoms in total. The van der Waals surface area contributed by atoms with Gasteiger partial charge in [-0.15, -0.1) is 0 Å². The number of unbranched alkanes of at least 4 members (excludes halogenated alkanes) is 21. The summed E-state index contributed by atoms with van der Waals surface area (Å²) in [7, 11) is 0. The molecular formula is C60H100N2Ni. The number of aryl methyl sites for hydroxylation is 4. The summed E-state index contributed by atoms with van der Waals surface area (Å²) in [6, 6.07) is 10.3. The first-order valence-corrected chi connectivity index (χ1v) is 27.7. The zero-order valence-corrected chi connectivity index (χ0v) is 44.0. The first kappa shape index (κ1) is 57.1. The number of allylic oxidation sites excluding steroid dienone is 2. The summed E-state index contributed by atoms with van der Waals surface area (Å²) in [4.78, 5) is 0. The Kier molecular flexibility index (Phi) is 32.0. The molecule has 0 aliphatic carbocycles. The van der Waals surface area contributed by atoms with Crippen LogP contribution in [0, 0.1) is 0 Å². The molecule has 0 saturated heterocycles. The fourth-order valence-electron chi connectivity index (χ4n) is 10.5. The molecule has 0 saturated carbocycles. The van der Waals surface area contributed by atoms with Crippen LogP contribution < -0.4 is 0 Å². The maximum Gasteiger partial charge on any atom is 0.211 e. The third-order valence-corrected chi connectivity index (χ3v) is 14.2. The summed E-state index contributed by atoms with van der Waals surface area (Å²) in [5.74, 6) is 0. The first-order chi connectivity index (χ1) is 30.4. The standard InChI is InChI=1S/C60H100N2.Ni/c1-9-17-24-31-38-49-45-53(46-50(39-32-25-18-10-2)56(49)42-35-28-21-13-5)59-55(16-8)58(44-37-30-23-15-7)60(62(59)61)54-47-51(40-33-26-19-11-3)57(43-36-29-22-14-6)52(48-54)41-34-27-20-12-4;/h45-48H,9-44H2,1-8H3;. The average Bonchev–Trinajstić information content (AvgIpc) is 3.56. The molecule has 1 heterocycles. The summed E-state index contributed by atoms with van der Waals surface area (Å²) in [5.41, 5.74) is 30.2. The van der Waals surface area contributed by atoms with Gasteiger partial charge in [0, 0.05) is 38.8 Å². The Bertz CT molecular complexity index is 1540. The Morgan fingerprint density at radius 3 is 0.841 bits per heavy atom. The van der Waals surface area contributed by atoms with Crippen LogP contribution in [0.25, 0.3) is 16.9 Å². The smallest absolute Gasteiger partial charge is 0.211 e. The van der Waals surface area contributed by atoms with E-state index in [2.05, 4.69) is 79.7 Å². The van der Waals surface area contributed by atoms with E-state index in [0.717, 1.165) is 49.9 Å². The zero-order chi connectivity index (χ0) is 44.8. The van der Waals surface area contributed by atoms with Crippen LogP contribution in [0.15, 0.2) is 35.4 Å². The molecule has 2 aromatic carbocycles. The topological polar surface area (TPSA) is 25.3 Å². The minimum Gasteiger partial charge on any atom is -0.493 e. The van der Waals surface area contributed by atoms with Gasteiger partial charge in [-0.1, -0.05) is 190 Å². The first-order valence-electron chi connectivity index (χ1n) is 27.7. The summed E-state index contributed by atoms with van der Waals surface area (Å²) in [6.07, 6.45) is 45.1. The molecule has 0 aromatic heterocycles. The van der Waals surface area contributed by atoms with Crippen LogP contribution in [0.2, 0.25) is 0 Å². The fourth-order valence-corrected chi connectivity index (χ4v) is 10.5. The second-order valence-corrected chi connectivity index (χ2v) is 19.5. The molecule has 0 bridgehead atoms. The van der Waals surface area contributed by atoms with E-state index in [4.69, 9.17) is 0 Å². The summed E-state index contributed by atoms with van der Waals surface area (Å²) >= 11 is 0. The predicted octanol–water partition coefficient (Wildman–Crippen LogP) is 20.0. The summed E-state index contributed by atoms with van der Waals surface area (Å²) in [5, 5.41) is 0. The number of nitrogens with zero attached hydrogens (tertiary/aromatic N) is 2. The fraction of sp³-hybridized carbons (Fsp3) is 0.733. The minimum atomic E-state index is 0. The summed E-state index contributed by atoms with van der Waals surface area (Å²) < 4.78 is 1.74. The Hall–Kier alpha value is -1.99. The Labute approximate surface area is 402 Å². The van der Waals surface area contributed by atoms with E-state index < -0.39 is 0 Å². The van der Waals surface area contributed by atoms with Crippen LogP contribution in [0.3, 0.4) is 0 Å². The molecule has 2 aromatic rings. The van der Waals surface area contributed by atoms with E-state index in [1.807, 2.05) is 0 Å². The van der Waals surface area contributed by atoms with Crippen molar-refractivity contribution >= 4 is 11.4 Å². The second kappa shape index (κ2) is 35.2. The molecule has 360 valence electrons. The molecule has 0 fully saturated rings. The van der Waals surface area contributed by atoms with Crippen molar-refractivity contribution in [1.29, 1.82) is 0 Å². The molecule has 0 amide bonds. The van der Waals surface area contributed by atoms with E-state index in [1.54, 1.807) is 38.1 Å². The molecule has 0 spiro atoms. The molecule has 0 radical (unpaired) electrons. The van der Waals surface area contributed by atoms with Crippen LogP contribution in [0.5, 0.6) is 0 Å². The second-order valence-electron chi connectivity index (χ2n) is 19.5. The molecule has 3 heteroatoms. The molecular weight excluding hydrogens is 807 g/mol. The van der Waals surface area contributed by atoms with Gasteiger partial charge in [-0.2, -0.15) is 0 Å². The Morgan fingerprint density at radius 1 is 0.317 bits per heavy atom. The van der Waals surface area contributed by atoms with Crippen molar-refractivity contribution in [3.8, 4) is 0 Å². The number of benzene rings is 2. The van der Waals surface area contributed by atoms with Crippen molar-refractivity contribution in [3.05, 3.63) is 85.5 Å². The number of hydrogen-bond donors (Lipinski definition) is 0. The van der Waals surface area contributed by atoms with E-state index in [0.29, 0.717) is 0 Å². The van der Waals surface area contributed by atoms with Gasteiger partial charge in [-0.3, -0.25) is 0 Å². The van der Waals surface area contributed by atoms with E-state index in [1.165, 1.54) is 215 Å². The normalized spacial score (nSPS) is 12.9. The van der Waals surface area contributed by atoms with Gasteiger partial charge in [0.25, 0.3) is 0 Å². The molecule has 1 aliphatic rings. The van der Waals surface area contributed by atoms with Gasteiger partial charge in [0.05, 0.1) is 0 Å². The van der Waals surface area contributed by atoms with Gasteiger partial charge in [0.2, 0.25) is 11.4 Å². The molecule has 0 N–H and O–H groups in total. The van der Waals surface area contributed by atoms with Crippen molar-refractivity contribution in [3.63, 3.8) is 0 Å². The predicted molar refractivity (Wildman–Crippen MR) is 276 cm³/mol. The molecule has 1 aliphatic heterocycles. The molecule has 3 rings (SSSR count). The van der Waals surface area contributed by atoms with Crippen molar-refractivity contribution < 1.29 is 21.2 Å². The number of rotatable bonds is 38. The van der Waals surface area contributed by atoms with E-state index >= 15 is 0 Å². The van der Waals surface area contributed by atoms with Crippen molar-refractivity contribution in [2.24, 2.45) is 0 Å². The monoisotopic (exact) mass is 907 g/mol. The van der Waals surface area contributed by atoms with Gasteiger partial charge in [-0.05, 0) is 154 Å². The molecule has 0 unspecified atom stereocenters. The third-order valence-electron chi connectivity index (χ3n) is 14.2. The Morgan fingerprint density at radius 2 is 0.571 bits per heavy atom. The van der Waals surface area contributed by atoms with Gasteiger partial charge < -0.3 is 5.53 Å². The molecule has 0 atom stereocenters. The average molecular weight is 908 g/mol. The maximum atomic E-state index is 13.0. The largest absolute Gasteiger partial charge is 0.493 e. The van der Waals surface area contributed by atoms with Gasteiger partial charge >= 0.3 is 0 Å². The van der Waals surface area contributed by atoms with Crippen LogP contribution in [-0.4, -0.2) is 4.70 Å². The van der Waals surface area contributed by atoms with Gasteiger partial charge in [-0.25, -0.2) is 4.70 Å². The zero-order valence-electron chi connectivity index (χ0n) is 43.0. The van der Waals surface area contributed by atoms with Crippen molar-refractivity contribution in [2.75, 3.05) is 0 Å². The van der Waals surface area contributed by atoms with Crippen LogP contribution in [-0.2, 0) is 55.0 Å². The van der Waals surface area contributed by atoms with E-state index in [9.17, 15) is 5.53 Å². The number of hydrogen-bond acceptors (Lipinski definition) is 0. The molecule has 63 heavy (non-hydrogen) atoms. The minimum absolute atomic E-state index is 0. The van der Waals surface area contributed by atoms with Crippen molar-refractivity contribution in [1.82, 2.24) is 0 Å². The van der Waals surface area contributed by atoms with Gasteiger partial charge in [0.15, 0.2) is 0 Å². The van der Waals surface area contributed by atoms with Crippen molar-refractivity contribution in [2.45, 2.75) is 287 Å². The third kappa shape index (κ3) is 19.4. The van der Waals surface area contributed by atoms with Crippen LogP contribution in [0.1, 0.15) is 293 Å². The SMILES string of the molecule is CCCCCCC1=C(c2cc(CCCCCC)c(CCCCCC)c(CCCCCC)c2)[N+](=[N-])C(c2cc(CCCCCC)c(CCCCCC)c(CCCCCC)c2)=C1CC.[Ni]. The van der Waals surface area contributed by atoms with Crippen LogP contribution in [0.4, 0.5) is 0 Å². The maximum absolute atomic E-state index is 13.0. The van der Waals surface area contributed by atoms with Crippen LogP contribution >= 0.6 is 0 Å².